The Bertz CT molecular complexity index is 599. The van der Waals surface area contributed by atoms with Gasteiger partial charge in [-0.05, 0) is 44.4 Å². The van der Waals surface area contributed by atoms with Crippen molar-refractivity contribution >= 4 is 47.4 Å². The van der Waals surface area contributed by atoms with E-state index in [1.165, 1.54) is 0 Å². The summed E-state index contributed by atoms with van der Waals surface area (Å²) in [6, 6.07) is 5.88. The van der Waals surface area contributed by atoms with E-state index in [9.17, 15) is 4.79 Å². The van der Waals surface area contributed by atoms with Gasteiger partial charge < -0.3 is 20.7 Å². The molecule has 0 aliphatic carbocycles. The molecule has 1 atom stereocenters. The molecule has 1 aromatic rings. The van der Waals surface area contributed by atoms with E-state index in [4.69, 9.17) is 16.3 Å². The summed E-state index contributed by atoms with van der Waals surface area (Å²) in [4.78, 5) is 16.2. The average molecular weight is 511 g/mol. The molecule has 154 valence electrons. The van der Waals surface area contributed by atoms with Crippen molar-refractivity contribution in [2.45, 2.75) is 46.1 Å². The minimum Gasteiger partial charge on any atom is -0.497 e. The van der Waals surface area contributed by atoms with E-state index in [-0.39, 0.29) is 35.9 Å². The van der Waals surface area contributed by atoms with Gasteiger partial charge >= 0.3 is 0 Å². The Morgan fingerprint density at radius 1 is 1.30 bits per heavy atom. The zero-order valence-electron chi connectivity index (χ0n) is 16.6. The lowest BCUT2D eigenvalue weighted by Gasteiger charge is -2.13. The maximum Gasteiger partial charge on any atom is 0.222 e. The number of benzene rings is 1. The summed E-state index contributed by atoms with van der Waals surface area (Å²) in [6.07, 6.45) is 2.07. The summed E-state index contributed by atoms with van der Waals surface area (Å²) in [5.74, 6) is 1.48. The first-order chi connectivity index (χ1) is 12.5. The molecule has 0 aromatic heterocycles. The Kier molecular flexibility index (Phi) is 14.1. The topological polar surface area (TPSA) is 74.8 Å². The third-order valence-electron chi connectivity index (χ3n) is 3.92. The van der Waals surface area contributed by atoms with E-state index < -0.39 is 0 Å². The number of nitrogens with one attached hydrogen (secondary N) is 3. The van der Waals surface area contributed by atoms with Crippen LogP contribution in [0.5, 0.6) is 5.75 Å². The van der Waals surface area contributed by atoms with Crippen LogP contribution in [0.25, 0.3) is 0 Å². The minimum absolute atomic E-state index is 0. The van der Waals surface area contributed by atoms with Gasteiger partial charge in [0.1, 0.15) is 5.75 Å². The normalized spacial score (nSPS) is 12.0. The second kappa shape index (κ2) is 14.8. The van der Waals surface area contributed by atoms with E-state index >= 15 is 0 Å². The summed E-state index contributed by atoms with van der Waals surface area (Å²) < 4.78 is 5.16. The fourth-order valence-electron chi connectivity index (χ4n) is 2.23. The molecule has 1 unspecified atom stereocenters. The largest absolute Gasteiger partial charge is 0.497 e. The van der Waals surface area contributed by atoms with Crippen molar-refractivity contribution < 1.29 is 9.53 Å². The lowest BCUT2D eigenvalue weighted by molar-refractivity contribution is -0.121. The molecule has 0 aliphatic heterocycles. The Labute approximate surface area is 184 Å². The molecule has 0 saturated carbocycles. The fraction of sp³-hybridized carbons (Fsp3) is 0.579. The van der Waals surface area contributed by atoms with Gasteiger partial charge in [-0.1, -0.05) is 24.6 Å². The van der Waals surface area contributed by atoms with Crippen LogP contribution >= 0.6 is 35.6 Å². The van der Waals surface area contributed by atoms with Gasteiger partial charge in [0.25, 0.3) is 0 Å². The molecule has 27 heavy (non-hydrogen) atoms. The number of hydrogen-bond acceptors (Lipinski definition) is 3. The number of carbonyl (C=O) groups excluding carboxylic acids is 1. The number of amides is 1. The van der Waals surface area contributed by atoms with Crippen molar-refractivity contribution in [3.8, 4) is 5.75 Å². The summed E-state index contributed by atoms with van der Waals surface area (Å²) in [5, 5.41) is 10.1. The summed E-state index contributed by atoms with van der Waals surface area (Å²) in [5.41, 5.74) is 1.05. The number of ether oxygens (including phenoxy) is 1. The molecule has 3 N–H and O–H groups in total. The number of hydrogen-bond donors (Lipinski definition) is 3. The summed E-state index contributed by atoms with van der Waals surface area (Å²) in [7, 11) is 1.62. The van der Waals surface area contributed by atoms with Gasteiger partial charge in [-0.2, -0.15) is 0 Å². The Hall–Kier alpha value is -1.22. The van der Waals surface area contributed by atoms with Gasteiger partial charge in [-0.25, -0.2) is 0 Å². The second-order valence-electron chi connectivity index (χ2n) is 6.02. The first kappa shape index (κ1) is 25.8. The molecular formula is C19H32ClIN4O2. The van der Waals surface area contributed by atoms with Crippen LogP contribution in [0, 0.1) is 0 Å². The molecule has 1 amide bonds. The third kappa shape index (κ3) is 10.6. The lowest BCUT2D eigenvalue weighted by Crippen LogP contribution is -2.38. The molecule has 0 aliphatic rings. The molecule has 0 bridgehead atoms. The number of guanidine groups is 1. The van der Waals surface area contributed by atoms with Crippen LogP contribution in [0.15, 0.2) is 23.2 Å². The molecule has 0 spiro atoms. The van der Waals surface area contributed by atoms with Crippen molar-refractivity contribution in [2.75, 3.05) is 26.7 Å². The maximum atomic E-state index is 11.8. The van der Waals surface area contributed by atoms with Gasteiger partial charge in [0.15, 0.2) is 5.96 Å². The molecule has 6 nitrogen and oxygen atoms in total. The lowest BCUT2D eigenvalue weighted by atomic mass is 10.1. The minimum atomic E-state index is 0. The van der Waals surface area contributed by atoms with E-state index in [0.717, 1.165) is 30.7 Å². The third-order valence-corrected chi connectivity index (χ3v) is 4.27. The molecular weight excluding hydrogens is 479 g/mol. The fourth-order valence-corrected chi connectivity index (χ4v) is 2.50. The number of halogens is 2. The van der Waals surface area contributed by atoms with E-state index in [1.54, 1.807) is 7.11 Å². The number of rotatable bonds is 10. The molecule has 1 aromatic carbocycles. The van der Waals surface area contributed by atoms with Gasteiger partial charge in [-0.15, -0.1) is 24.0 Å². The Balaban J connectivity index is 0.00000676. The van der Waals surface area contributed by atoms with E-state index in [1.807, 2.05) is 39.0 Å². The van der Waals surface area contributed by atoms with Crippen molar-refractivity contribution in [1.82, 2.24) is 16.0 Å². The monoisotopic (exact) mass is 510 g/mol. The average Bonchev–Trinajstić information content (AvgIpc) is 2.62. The molecule has 8 heteroatoms. The van der Waals surface area contributed by atoms with Crippen LogP contribution in [-0.2, 0) is 11.2 Å². The Morgan fingerprint density at radius 3 is 2.63 bits per heavy atom. The quantitative estimate of drug-likeness (QED) is 0.256. The first-order valence-corrected chi connectivity index (χ1v) is 9.51. The zero-order valence-corrected chi connectivity index (χ0v) is 19.7. The first-order valence-electron chi connectivity index (χ1n) is 9.14. The van der Waals surface area contributed by atoms with E-state index in [2.05, 4.69) is 20.9 Å². The predicted octanol–water partition coefficient (Wildman–Crippen LogP) is 3.37. The highest BCUT2D eigenvalue weighted by Gasteiger charge is 2.06. The van der Waals surface area contributed by atoms with Crippen molar-refractivity contribution in [2.24, 2.45) is 4.99 Å². The molecule has 0 radical (unpaired) electrons. The summed E-state index contributed by atoms with van der Waals surface area (Å²) in [6.45, 7) is 7.95. The van der Waals surface area contributed by atoms with Crippen LogP contribution in [-0.4, -0.2) is 44.7 Å². The van der Waals surface area contributed by atoms with Crippen LogP contribution in [0.3, 0.4) is 0 Å². The van der Waals surface area contributed by atoms with Crippen LogP contribution < -0.4 is 20.7 Å². The number of carbonyl (C=O) groups is 1. The molecule has 1 rings (SSSR count). The molecule has 0 saturated heterocycles. The highest BCUT2D eigenvalue weighted by molar-refractivity contribution is 14.0. The van der Waals surface area contributed by atoms with Gasteiger partial charge in [0.2, 0.25) is 5.91 Å². The van der Waals surface area contributed by atoms with Crippen LogP contribution in [0.2, 0.25) is 5.02 Å². The highest BCUT2D eigenvalue weighted by atomic mass is 127. The van der Waals surface area contributed by atoms with Crippen molar-refractivity contribution in [3.63, 3.8) is 0 Å². The SMILES string of the molecule is CCNC(=NCCC(=O)NC(C)CC)NCCc1ccc(OC)cc1Cl.I. The highest BCUT2D eigenvalue weighted by Crippen LogP contribution is 2.22. The van der Waals surface area contributed by atoms with Crippen LogP contribution in [0.4, 0.5) is 0 Å². The van der Waals surface area contributed by atoms with E-state index in [0.29, 0.717) is 30.5 Å². The number of aliphatic imine (C=N–C) groups is 1. The van der Waals surface area contributed by atoms with Crippen molar-refractivity contribution in [1.29, 1.82) is 0 Å². The van der Waals surface area contributed by atoms with Crippen molar-refractivity contribution in [3.05, 3.63) is 28.8 Å². The second-order valence-corrected chi connectivity index (χ2v) is 6.43. The predicted molar refractivity (Wildman–Crippen MR) is 124 cm³/mol. The summed E-state index contributed by atoms with van der Waals surface area (Å²) >= 11 is 6.26. The Morgan fingerprint density at radius 2 is 2.04 bits per heavy atom. The van der Waals surface area contributed by atoms with Gasteiger partial charge in [-0.3, -0.25) is 9.79 Å². The van der Waals surface area contributed by atoms with Gasteiger partial charge in [0.05, 0.1) is 13.7 Å². The maximum absolute atomic E-state index is 11.8. The van der Waals surface area contributed by atoms with Crippen LogP contribution in [0.1, 0.15) is 39.2 Å². The number of nitrogens with zero attached hydrogens (tertiary/aromatic N) is 1. The number of methoxy groups -OCH3 is 1. The molecule has 0 heterocycles. The molecule has 0 fully saturated rings. The zero-order chi connectivity index (χ0) is 19.4. The smallest absolute Gasteiger partial charge is 0.222 e. The standard InChI is InChI=1S/C19H31ClN4O2.HI/c1-5-14(3)24-18(25)10-12-23-19(21-6-2)22-11-9-15-7-8-16(26-4)13-17(15)20;/h7-8,13-14H,5-6,9-12H2,1-4H3,(H,24,25)(H2,21,22,23);1H. The van der Waals surface area contributed by atoms with Gasteiger partial charge in [0, 0.05) is 30.6 Å².